The zero-order valence-electron chi connectivity index (χ0n) is 8.74. The molecular weight excluding hydrogens is 256 g/mol. The zero-order valence-corrected chi connectivity index (χ0v) is 10.3. The van der Waals surface area contributed by atoms with Crippen molar-refractivity contribution in [2.45, 2.75) is 26.1 Å². The highest BCUT2D eigenvalue weighted by molar-refractivity contribution is 9.11. The summed E-state index contributed by atoms with van der Waals surface area (Å²) in [5, 5.41) is 0. The smallest absolute Gasteiger partial charge is 0.152 e. The zero-order chi connectivity index (χ0) is 11.4. The van der Waals surface area contributed by atoms with Gasteiger partial charge in [0, 0.05) is 10.4 Å². The van der Waals surface area contributed by atoms with Crippen molar-refractivity contribution in [1.82, 2.24) is 0 Å². The van der Waals surface area contributed by atoms with Crippen LogP contribution in [0.15, 0.2) is 22.7 Å². The van der Waals surface area contributed by atoms with Crippen LogP contribution >= 0.6 is 15.9 Å². The van der Waals surface area contributed by atoms with E-state index in [9.17, 15) is 4.79 Å². The van der Waals surface area contributed by atoms with Gasteiger partial charge in [-0.1, -0.05) is 40.9 Å². The second-order valence-electron chi connectivity index (χ2n) is 3.53. The van der Waals surface area contributed by atoms with Crippen molar-refractivity contribution >= 4 is 21.7 Å². The highest BCUT2D eigenvalue weighted by atomic mass is 79.9. The van der Waals surface area contributed by atoms with Gasteiger partial charge in [-0.2, -0.15) is 0 Å². The normalized spacial score (nSPS) is 31.1. The van der Waals surface area contributed by atoms with Gasteiger partial charge in [0.2, 0.25) is 0 Å². The van der Waals surface area contributed by atoms with Crippen LogP contribution in [0.3, 0.4) is 0 Å². The van der Waals surface area contributed by atoms with Gasteiger partial charge < -0.3 is 4.74 Å². The van der Waals surface area contributed by atoms with Crippen molar-refractivity contribution in [3.05, 3.63) is 22.7 Å². The minimum absolute atomic E-state index is 0.0108. The molecule has 0 fully saturated rings. The van der Waals surface area contributed by atoms with Crippen LogP contribution < -0.4 is 0 Å². The Balaban J connectivity index is 2.78. The summed E-state index contributed by atoms with van der Waals surface area (Å²) in [4.78, 5) is 10.8. The lowest BCUT2D eigenvalue weighted by molar-refractivity contribution is -0.112. The van der Waals surface area contributed by atoms with Crippen LogP contribution in [0.4, 0.5) is 0 Å². The van der Waals surface area contributed by atoms with E-state index >= 15 is 0 Å². The predicted molar refractivity (Wildman–Crippen MR) is 63.5 cm³/mol. The average Bonchev–Trinajstić information content (AvgIpc) is 2.16. The van der Waals surface area contributed by atoms with Crippen molar-refractivity contribution in [3.8, 4) is 12.3 Å². The molecule has 2 nitrogen and oxygen atoms in total. The lowest BCUT2D eigenvalue weighted by Gasteiger charge is -2.28. The molecule has 0 aromatic rings. The maximum Gasteiger partial charge on any atom is 0.152 e. The molecule has 0 unspecified atom stereocenters. The van der Waals surface area contributed by atoms with Crippen LogP contribution in [0.1, 0.15) is 13.8 Å². The molecule has 80 valence electrons. The summed E-state index contributed by atoms with van der Waals surface area (Å²) in [5.74, 6) is 2.75. The van der Waals surface area contributed by atoms with Gasteiger partial charge in [-0.25, -0.2) is 0 Å². The number of carbonyl (C=O) groups is 1. The first kappa shape index (κ1) is 12.2. The molecule has 0 amide bonds. The van der Waals surface area contributed by atoms with E-state index in [1.807, 2.05) is 13.0 Å². The molecule has 0 N–H and O–H groups in total. The van der Waals surface area contributed by atoms with E-state index < -0.39 is 0 Å². The number of ether oxygens (including phenoxy) is 1. The van der Waals surface area contributed by atoms with Crippen molar-refractivity contribution in [3.63, 3.8) is 0 Å². The molecule has 15 heavy (non-hydrogen) atoms. The Kier molecular flexibility index (Phi) is 4.31. The highest BCUT2D eigenvalue weighted by Gasteiger charge is 2.25. The minimum Gasteiger partial charge on any atom is -0.352 e. The number of allylic oxidation sites excluding steroid dienone is 1. The molecule has 3 atom stereocenters. The maximum atomic E-state index is 10.8. The van der Waals surface area contributed by atoms with Gasteiger partial charge in [0.1, 0.15) is 6.10 Å². The average molecular weight is 269 g/mol. The van der Waals surface area contributed by atoms with Gasteiger partial charge in [-0.15, -0.1) is 6.42 Å². The van der Waals surface area contributed by atoms with Crippen LogP contribution in [-0.4, -0.2) is 18.0 Å². The largest absolute Gasteiger partial charge is 0.352 e. The molecule has 1 heterocycles. The summed E-state index contributed by atoms with van der Waals surface area (Å²) in [6.07, 6.45) is 10.1. The second kappa shape index (κ2) is 5.29. The van der Waals surface area contributed by atoms with Crippen molar-refractivity contribution in [2.75, 3.05) is 0 Å². The number of ketones is 1. The second-order valence-corrected chi connectivity index (χ2v) is 4.44. The summed E-state index contributed by atoms with van der Waals surface area (Å²) in [6, 6.07) is 0. The third-order valence-corrected chi connectivity index (χ3v) is 2.84. The molecule has 0 aromatic carbocycles. The first-order valence-electron chi connectivity index (χ1n) is 4.72. The van der Waals surface area contributed by atoms with Crippen LogP contribution in [0.2, 0.25) is 0 Å². The standard InChI is InChI=1S/C12H13BrO2/c1-4-11-10(13)7-8(2)12(15-11)6-5-9(3)14/h1,5-8,11-12H,2-3H3/t8-,11-,12-/m1/s1. The molecular formula is C12H13BrO2. The van der Waals surface area contributed by atoms with E-state index in [2.05, 4.69) is 21.9 Å². The summed E-state index contributed by atoms with van der Waals surface area (Å²) in [6.45, 7) is 3.53. The van der Waals surface area contributed by atoms with Crippen molar-refractivity contribution in [2.24, 2.45) is 5.92 Å². The van der Waals surface area contributed by atoms with Gasteiger partial charge in [0.25, 0.3) is 0 Å². The third kappa shape index (κ3) is 3.33. The topological polar surface area (TPSA) is 26.3 Å². The Bertz CT molecular complexity index is 349. The van der Waals surface area contributed by atoms with Crippen LogP contribution in [0.25, 0.3) is 0 Å². The molecule has 0 bridgehead atoms. The molecule has 0 radical (unpaired) electrons. The fourth-order valence-corrected chi connectivity index (χ4v) is 2.01. The monoisotopic (exact) mass is 268 g/mol. The molecule has 1 aliphatic heterocycles. The Labute approximate surface area is 98.5 Å². The van der Waals surface area contributed by atoms with Crippen LogP contribution in [0.5, 0.6) is 0 Å². The molecule has 1 rings (SSSR count). The Morgan fingerprint density at radius 2 is 2.40 bits per heavy atom. The van der Waals surface area contributed by atoms with E-state index in [1.165, 1.54) is 13.0 Å². The number of carbonyl (C=O) groups excluding carboxylic acids is 1. The number of hydrogen-bond acceptors (Lipinski definition) is 2. The van der Waals surface area contributed by atoms with Gasteiger partial charge in [0.15, 0.2) is 5.78 Å². The van der Waals surface area contributed by atoms with Gasteiger partial charge in [-0.3, -0.25) is 4.79 Å². The molecule has 3 heteroatoms. The third-order valence-electron chi connectivity index (χ3n) is 2.16. The SMILES string of the molecule is C#C[C@H]1O[C@H](C=CC(C)=O)[C@H](C)C=C1Br. The number of rotatable bonds is 2. The molecule has 0 aliphatic carbocycles. The highest BCUT2D eigenvalue weighted by Crippen LogP contribution is 2.27. The number of terminal acetylenes is 1. The fraction of sp³-hybridized carbons (Fsp3) is 0.417. The van der Waals surface area contributed by atoms with Gasteiger partial charge in [0.05, 0.1) is 6.10 Å². The van der Waals surface area contributed by atoms with Crippen molar-refractivity contribution < 1.29 is 9.53 Å². The first-order valence-corrected chi connectivity index (χ1v) is 5.51. The molecule has 0 saturated heterocycles. The Hall–Kier alpha value is -0.850. The Morgan fingerprint density at radius 3 is 2.93 bits per heavy atom. The summed E-state index contributed by atoms with van der Waals surface area (Å²) in [7, 11) is 0. The van der Waals surface area contributed by atoms with Crippen LogP contribution in [0, 0.1) is 18.3 Å². The number of hydrogen-bond donors (Lipinski definition) is 0. The van der Waals surface area contributed by atoms with Gasteiger partial charge in [-0.05, 0) is 13.0 Å². The van der Waals surface area contributed by atoms with Gasteiger partial charge >= 0.3 is 0 Å². The molecule has 0 saturated carbocycles. The van der Waals surface area contributed by atoms with E-state index in [-0.39, 0.29) is 23.9 Å². The summed E-state index contributed by atoms with van der Waals surface area (Å²) in [5.41, 5.74) is 0. The fourth-order valence-electron chi connectivity index (χ4n) is 1.35. The van der Waals surface area contributed by atoms with E-state index in [1.54, 1.807) is 6.08 Å². The predicted octanol–water partition coefficient (Wildman–Crippen LogP) is 2.45. The quantitative estimate of drug-likeness (QED) is 0.568. The molecule has 0 aromatic heterocycles. The lowest BCUT2D eigenvalue weighted by atomic mass is 9.99. The van der Waals surface area contributed by atoms with E-state index in [0.29, 0.717) is 0 Å². The lowest BCUT2D eigenvalue weighted by Crippen LogP contribution is -2.29. The molecule has 1 aliphatic rings. The van der Waals surface area contributed by atoms with E-state index in [0.717, 1.165) is 4.48 Å². The van der Waals surface area contributed by atoms with Crippen LogP contribution in [-0.2, 0) is 9.53 Å². The minimum atomic E-state index is -0.345. The van der Waals surface area contributed by atoms with Crippen molar-refractivity contribution in [1.29, 1.82) is 0 Å². The van der Waals surface area contributed by atoms with E-state index in [4.69, 9.17) is 11.2 Å². The first-order chi connectivity index (χ1) is 7.04. The summed E-state index contributed by atoms with van der Waals surface area (Å²) >= 11 is 3.37. The summed E-state index contributed by atoms with van der Waals surface area (Å²) < 4.78 is 6.50. The molecule has 0 spiro atoms. The maximum absolute atomic E-state index is 10.8. The Morgan fingerprint density at radius 1 is 1.73 bits per heavy atom. The number of halogens is 1.